The van der Waals surface area contributed by atoms with Crippen molar-refractivity contribution in [2.45, 2.75) is 45.7 Å². The Bertz CT molecular complexity index is 1030. The van der Waals surface area contributed by atoms with E-state index in [1.165, 1.54) is 11.3 Å². The summed E-state index contributed by atoms with van der Waals surface area (Å²) in [5.74, 6) is 0.575. The molecule has 0 aliphatic heterocycles. The first-order valence-electron chi connectivity index (χ1n) is 10.4. The summed E-state index contributed by atoms with van der Waals surface area (Å²) in [6.07, 6.45) is 3.03. The van der Waals surface area contributed by atoms with Crippen LogP contribution in [-0.4, -0.2) is 40.6 Å². The lowest BCUT2D eigenvalue weighted by molar-refractivity contribution is 0.0678. The molecule has 0 spiro atoms. The zero-order valence-electron chi connectivity index (χ0n) is 17.8. The van der Waals surface area contributed by atoms with Crippen molar-refractivity contribution in [1.29, 1.82) is 0 Å². The number of nitrogens with zero attached hydrogens (tertiary/aromatic N) is 3. The number of ether oxygens (including phenoxy) is 1. The van der Waals surface area contributed by atoms with Crippen LogP contribution in [0.15, 0.2) is 46.6 Å². The van der Waals surface area contributed by atoms with Gasteiger partial charge < -0.3 is 9.64 Å². The molecule has 2 heterocycles. The van der Waals surface area contributed by atoms with E-state index in [9.17, 15) is 9.59 Å². The number of amides is 1. The van der Waals surface area contributed by atoms with Gasteiger partial charge in [0.25, 0.3) is 11.5 Å². The quantitative estimate of drug-likeness (QED) is 0.447. The summed E-state index contributed by atoms with van der Waals surface area (Å²) in [5.41, 5.74) is 0.548. The molecule has 0 radical (unpaired) electrons. The molecule has 30 heavy (non-hydrogen) atoms. The Morgan fingerprint density at radius 2 is 2.03 bits per heavy atom. The van der Waals surface area contributed by atoms with Gasteiger partial charge in [0.2, 0.25) is 0 Å². The number of unbranched alkanes of at least 4 members (excludes halogenated alkanes) is 2. The number of methoxy groups -OCH3 is 1. The van der Waals surface area contributed by atoms with Gasteiger partial charge in [-0.25, -0.2) is 4.98 Å². The Morgan fingerprint density at radius 3 is 2.73 bits per heavy atom. The Labute approximate surface area is 181 Å². The number of para-hydroxylation sites is 1. The van der Waals surface area contributed by atoms with E-state index in [0.717, 1.165) is 19.3 Å². The summed E-state index contributed by atoms with van der Waals surface area (Å²) >= 11 is 1.43. The van der Waals surface area contributed by atoms with Crippen LogP contribution in [0, 0.1) is 0 Å². The SMILES string of the molecule is CCCCCN(C(=O)c1cccs1)C(C)c1nc2ccccc2c(=O)n1CCOC. The summed E-state index contributed by atoms with van der Waals surface area (Å²) < 4.78 is 6.89. The smallest absolute Gasteiger partial charge is 0.264 e. The second kappa shape index (κ2) is 10.5. The van der Waals surface area contributed by atoms with Crippen LogP contribution in [0.25, 0.3) is 10.9 Å². The summed E-state index contributed by atoms with van der Waals surface area (Å²) in [4.78, 5) is 33.9. The summed E-state index contributed by atoms with van der Waals surface area (Å²) in [5, 5.41) is 2.48. The molecule has 3 aromatic rings. The van der Waals surface area contributed by atoms with Gasteiger partial charge in [-0.2, -0.15) is 0 Å². The molecule has 0 bridgehead atoms. The Balaban J connectivity index is 2.06. The molecule has 0 fully saturated rings. The Kier molecular flexibility index (Phi) is 7.76. The van der Waals surface area contributed by atoms with Gasteiger partial charge in [-0.05, 0) is 36.9 Å². The third-order valence-corrected chi connectivity index (χ3v) is 6.10. The third-order valence-electron chi connectivity index (χ3n) is 5.25. The molecule has 0 N–H and O–H groups in total. The zero-order chi connectivity index (χ0) is 21.5. The van der Waals surface area contributed by atoms with Crippen molar-refractivity contribution < 1.29 is 9.53 Å². The minimum atomic E-state index is -0.342. The van der Waals surface area contributed by atoms with Gasteiger partial charge >= 0.3 is 0 Å². The highest BCUT2D eigenvalue weighted by molar-refractivity contribution is 7.12. The van der Waals surface area contributed by atoms with Crippen LogP contribution in [0.3, 0.4) is 0 Å². The number of hydrogen-bond donors (Lipinski definition) is 0. The van der Waals surface area contributed by atoms with E-state index in [4.69, 9.17) is 9.72 Å². The molecular weight excluding hydrogens is 398 g/mol. The number of carbonyl (C=O) groups is 1. The van der Waals surface area contributed by atoms with E-state index in [1.807, 2.05) is 47.5 Å². The van der Waals surface area contributed by atoms with Crippen molar-refractivity contribution in [3.8, 4) is 0 Å². The first-order chi connectivity index (χ1) is 14.6. The minimum Gasteiger partial charge on any atom is -0.383 e. The molecule has 0 saturated heterocycles. The van der Waals surface area contributed by atoms with E-state index in [0.29, 0.717) is 41.3 Å². The molecule has 160 valence electrons. The lowest BCUT2D eigenvalue weighted by Crippen LogP contribution is -2.38. The highest BCUT2D eigenvalue weighted by Gasteiger charge is 2.27. The maximum Gasteiger partial charge on any atom is 0.264 e. The fourth-order valence-electron chi connectivity index (χ4n) is 3.59. The van der Waals surface area contributed by atoms with Crippen LogP contribution < -0.4 is 5.56 Å². The van der Waals surface area contributed by atoms with Gasteiger partial charge in [-0.15, -0.1) is 11.3 Å². The summed E-state index contributed by atoms with van der Waals surface area (Å²) in [6, 6.07) is 10.7. The zero-order valence-corrected chi connectivity index (χ0v) is 18.7. The van der Waals surface area contributed by atoms with Gasteiger partial charge in [0.15, 0.2) is 0 Å². The van der Waals surface area contributed by atoms with Crippen LogP contribution in [0.5, 0.6) is 0 Å². The second-order valence-corrected chi connectivity index (χ2v) is 8.24. The minimum absolute atomic E-state index is 0.0192. The third kappa shape index (κ3) is 4.79. The number of fused-ring (bicyclic) bond motifs is 1. The Morgan fingerprint density at radius 1 is 1.23 bits per heavy atom. The van der Waals surface area contributed by atoms with Crippen molar-refractivity contribution in [3.05, 3.63) is 62.8 Å². The summed E-state index contributed by atoms with van der Waals surface area (Å²) in [6.45, 7) is 5.51. The standard InChI is InChI=1S/C23H29N3O3S/c1-4-5-8-13-25(23(28)20-12-9-16-30-20)17(2)21-24-19-11-7-6-10-18(19)22(27)26(21)14-15-29-3/h6-7,9-12,16-17H,4-5,8,13-15H2,1-3H3. The largest absolute Gasteiger partial charge is 0.383 e. The monoisotopic (exact) mass is 427 g/mol. The molecule has 0 aliphatic rings. The van der Waals surface area contributed by atoms with Gasteiger partial charge in [-0.1, -0.05) is 38.0 Å². The van der Waals surface area contributed by atoms with E-state index < -0.39 is 0 Å². The number of hydrogen-bond acceptors (Lipinski definition) is 5. The molecule has 3 rings (SSSR count). The summed E-state index contributed by atoms with van der Waals surface area (Å²) in [7, 11) is 1.61. The lowest BCUT2D eigenvalue weighted by Gasteiger charge is -2.30. The van der Waals surface area contributed by atoms with Gasteiger partial charge in [0, 0.05) is 13.7 Å². The molecule has 1 unspecified atom stereocenters. The van der Waals surface area contributed by atoms with Crippen molar-refractivity contribution in [1.82, 2.24) is 14.5 Å². The van der Waals surface area contributed by atoms with Crippen molar-refractivity contribution >= 4 is 28.1 Å². The van der Waals surface area contributed by atoms with Crippen molar-refractivity contribution in [2.75, 3.05) is 20.3 Å². The maximum atomic E-state index is 13.3. The van der Waals surface area contributed by atoms with Crippen LogP contribution >= 0.6 is 11.3 Å². The van der Waals surface area contributed by atoms with Gasteiger partial charge in [0.1, 0.15) is 5.82 Å². The van der Waals surface area contributed by atoms with E-state index in [1.54, 1.807) is 17.7 Å². The molecule has 1 aromatic carbocycles. The van der Waals surface area contributed by atoms with E-state index in [2.05, 4.69) is 6.92 Å². The molecule has 0 aliphatic carbocycles. The fourth-order valence-corrected chi connectivity index (χ4v) is 4.27. The maximum absolute atomic E-state index is 13.3. The fraction of sp³-hybridized carbons (Fsp3) is 0.435. The van der Waals surface area contributed by atoms with Crippen LogP contribution in [0.4, 0.5) is 0 Å². The predicted molar refractivity (Wildman–Crippen MR) is 121 cm³/mol. The van der Waals surface area contributed by atoms with Crippen LogP contribution in [-0.2, 0) is 11.3 Å². The van der Waals surface area contributed by atoms with Gasteiger partial charge in [-0.3, -0.25) is 14.2 Å². The molecule has 1 amide bonds. The van der Waals surface area contributed by atoms with Crippen molar-refractivity contribution in [2.24, 2.45) is 0 Å². The molecular formula is C23H29N3O3S. The predicted octanol–water partition coefficient (Wildman–Crippen LogP) is 4.50. The molecule has 7 heteroatoms. The first-order valence-corrected chi connectivity index (χ1v) is 11.3. The van der Waals surface area contributed by atoms with Crippen molar-refractivity contribution in [3.63, 3.8) is 0 Å². The average molecular weight is 428 g/mol. The van der Waals surface area contributed by atoms with Gasteiger partial charge in [0.05, 0.1) is 35.0 Å². The van der Waals surface area contributed by atoms with Crippen LogP contribution in [0.2, 0.25) is 0 Å². The number of aromatic nitrogens is 2. The number of benzene rings is 1. The average Bonchev–Trinajstić information content (AvgIpc) is 3.30. The lowest BCUT2D eigenvalue weighted by atomic mass is 10.1. The second-order valence-electron chi connectivity index (χ2n) is 7.30. The topological polar surface area (TPSA) is 64.4 Å². The van der Waals surface area contributed by atoms with E-state index >= 15 is 0 Å². The Hall–Kier alpha value is -2.51. The number of rotatable bonds is 10. The number of carbonyl (C=O) groups excluding carboxylic acids is 1. The highest BCUT2D eigenvalue weighted by Crippen LogP contribution is 2.24. The number of thiophene rings is 1. The van der Waals surface area contributed by atoms with E-state index in [-0.39, 0.29) is 17.5 Å². The molecule has 6 nitrogen and oxygen atoms in total. The highest BCUT2D eigenvalue weighted by atomic mass is 32.1. The molecule has 2 aromatic heterocycles. The molecule has 1 atom stereocenters. The molecule has 0 saturated carbocycles. The first kappa shape index (κ1) is 22.2. The van der Waals surface area contributed by atoms with Crippen LogP contribution in [0.1, 0.15) is 54.6 Å². The normalized spacial score (nSPS) is 12.2.